The second-order valence-electron chi connectivity index (χ2n) is 6.97. The van der Waals surface area contributed by atoms with Crippen LogP contribution in [-0.2, 0) is 6.42 Å². The second-order valence-corrected chi connectivity index (χ2v) is 8.08. The SMILES string of the molecule is Cl.Cl.O=C(c1cnc(Cc2ccc(F)cc2)s1)N1CC[C@@H]2CNC[C@@H]2CC1. The molecule has 0 radical (unpaired) electrons. The molecule has 0 aliphatic carbocycles. The van der Waals surface area contributed by atoms with E-state index in [1.807, 2.05) is 4.90 Å². The number of hydrogen-bond acceptors (Lipinski definition) is 4. The smallest absolute Gasteiger partial charge is 0.265 e. The van der Waals surface area contributed by atoms with Crippen LogP contribution in [0.25, 0.3) is 0 Å². The van der Waals surface area contributed by atoms with Gasteiger partial charge in [-0.15, -0.1) is 36.2 Å². The van der Waals surface area contributed by atoms with Crippen molar-refractivity contribution in [1.29, 1.82) is 0 Å². The van der Waals surface area contributed by atoms with Crippen LogP contribution in [0.15, 0.2) is 30.5 Å². The van der Waals surface area contributed by atoms with Crippen molar-refractivity contribution in [3.8, 4) is 0 Å². The summed E-state index contributed by atoms with van der Waals surface area (Å²) < 4.78 is 13.0. The van der Waals surface area contributed by atoms with Crippen molar-refractivity contribution in [2.75, 3.05) is 26.2 Å². The summed E-state index contributed by atoms with van der Waals surface area (Å²) in [5.74, 6) is 1.30. The first kappa shape index (κ1) is 22.1. The van der Waals surface area contributed by atoms with Gasteiger partial charge >= 0.3 is 0 Å². The van der Waals surface area contributed by atoms with Gasteiger partial charge in [-0.1, -0.05) is 12.1 Å². The van der Waals surface area contributed by atoms with E-state index in [0.717, 1.165) is 49.6 Å². The third-order valence-corrected chi connectivity index (χ3v) is 6.32. The van der Waals surface area contributed by atoms with E-state index in [-0.39, 0.29) is 36.5 Å². The Morgan fingerprint density at radius 3 is 2.41 bits per heavy atom. The zero-order valence-electron chi connectivity index (χ0n) is 14.9. The molecule has 0 unspecified atom stereocenters. The van der Waals surface area contributed by atoms with Gasteiger partial charge < -0.3 is 10.2 Å². The number of hydrogen-bond donors (Lipinski definition) is 1. The third-order valence-electron chi connectivity index (χ3n) is 5.34. The zero-order chi connectivity index (χ0) is 17.2. The number of carbonyl (C=O) groups is 1. The first-order valence-electron chi connectivity index (χ1n) is 8.88. The van der Waals surface area contributed by atoms with Crippen LogP contribution in [0.4, 0.5) is 4.39 Å². The van der Waals surface area contributed by atoms with E-state index < -0.39 is 0 Å². The predicted octanol–water partition coefficient (Wildman–Crippen LogP) is 3.79. The monoisotopic (exact) mass is 431 g/mol. The van der Waals surface area contributed by atoms with E-state index in [4.69, 9.17) is 0 Å². The van der Waals surface area contributed by atoms with Crippen LogP contribution < -0.4 is 5.32 Å². The molecular weight excluding hydrogens is 408 g/mol. The quantitative estimate of drug-likeness (QED) is 0.803. The Hall–Kier alpha value is -1.21. The van der Waals surface area contributed by atoms with Crippen molar-refractivity contribution in [1.82, 2.24) is 15.2 Å². The molecule has 1 N–H and O–H groups in total. The lowest BCUT2D eigenvalue weighted by Gasteiger charge is -2.19. The lowest BCUT2D eigenvalue weighted by atomic mass is 9.92. The van der Waals surface area contributed by atoms with Crippen molar-refractivity contribution >= 4 is 42.1 Å². The molecule has 2 atom stereocenters. The standard InChI is InChI=1S/C19H22FN3OS.2ClH/c20-16-3-1-13(2-4-16)9-18-22-12-17(25-18)19(24)23-7-5-14-10-21-11-15(14)6-8-23;;/h1-4,12,14-15,21H,5-11H2;2*1H/t14-,15+;;. The number of thiazole rings is 1. The van der Waals surface area contributed by atoms with Gasteiger partial charge in [0.05, 0.1) is 11.2 Å². The first-order valence-corrected chi connectivity index (χ1v) is 9.70. The van der Waals surface area contributed by atoms with E-state index in [1.165, 1.54) is 23.5 Å². The first-order chi connectivity index (χ1) is 12.2. The molecule has 1 aromatic heterocycles. The maximum atomic E-state index is 13.0. The summed E-state index contributed by atoms with van der Waals surface area (Å²) >= 11 is 1.45. The summed E-state index contributed by atoms with van der Waals surface area (Å²) in [4.78, 5) is 19.9. The number of carbonyl (C=O) groups excluding carboxylic acids is 1. The minimum Gasteiger partial charge on any atom is -0.338 e. The highest BCUT2D eigenvalue weighted by Gasteiger charge is 2.32. The number of benzene rings is 1. The number of likely N-dealkylation sites (tertiary alicyclic amines) is 1. The van der Waals surface area contributed by atoms with Crippen LogP contribution in [0, 0.1) is 17.7 Å². The highest BCUT2D eigenvalue weighted by atomic mass is 35.5. The van der Waals surface area contributed by atoms with Crippen molar-refractivity contribution in [3.05, 3.63) is 51.7 Å². The van der Waals surface area contributed by atoms with Gasteiger partial charge in [-0.2, -0.15) is 0 Å². The highest BCUT2D eigenvalue weighted by molar-refractivity contribution is 7.13. The number of fused-ring (bicyclic) bond motifs is 1. The summed E-state index contributed by atoms with van der Waals surface area (Å²) in [6.45, 7) is 3.86. The maximum absolute atomic E-state index is 13.0. The van der Waals surface area contributed by atoms with Gasteiger partial charge in [-0.25, -0.2) is 9.37 Å². The normalized spacial score (nSPS) is 21.6. The summed E-state index contributed by atoms with van der Waals surface area (Å²) in [6.07, 6.45) is 4.50. The van der Waals surface area contributed by atoms with Gasteiger partial charge in [-0.05, 0) is 55.5 Å². The molecule has 2 aliphatic rings. The van der Waals surface area contributed by atoms with E-state index in [0.29, 0.717) is 23.1 Å². The Morgan fingerprint density at radius 2 is 1.78 bits per heavy atom. The van der Waals surface area contributed by atoms with Crippen LogP contribution >= 0.6 is 36.2 Å². The van der Waals surface area contributed by atoms with E-state index >= 15 is 0 Å². The van der Waals surface area contributed by atoms with Gasteiger partial charge in [0.25, 0.3) is 5.91 Å². The van der Waals surface area contributed by atoms with Gasteiger partial charge in [0.1, 0.15) is 10.7 Å². The molecule has 2 fully saturated rings. The Labute approximate surface area is 175 Å². The molecule has 0 saturated carbocycles. The lowest BCUT2D eigenvalue weighted by molar-refractivity contribution is 0.0763. The molecule has 1 amide bonds. The van der Waals surface area contributed by atoms with Crippen LogP contribution in [0.1, 0.15) is 33.1 Å². The minimum absolute atomic E-state index is 0. The number of amides is 1. The Morgan fingerprint density at radius 1 is 1.15 bits per heavy atom. The highest BCUT2D eigenvalue weighted by Crippen LogP contribution is 2.28. The molecule has 148 valence electrons. The Bertz CT molecular complexity index is 742. The molecule has 4 rings (SSSR count). The molecule has 2 aliphatic heterocycles. The van der Waals surface area contributed by atoms with Crippen LogP contribution in [0.2, 0.25) is 0 Å². The molecule has 4 nitrogen and oxygen atoms in total. The van der Waals surface area contributed by atoms with Crippen molar-refractivity contribution in [2.45, 2.75) is 19.3 Å². The zero-order valence-corrected chi connectivity index (χ0v) is 17.3. The number of halogens is 3. The molecule has 3 heterocycles. The lowest BCUT2D eigenvalue weighted by Crippen LogP contribution is -2.32. The molecular formula is C19H24Cl2FN3OS. The van der Waals surface area contributed by atoms with Crippen LogP contribution in [0.5, 0.6) is 0 Å². The average Bonchev–Trinajstić information content (AvgIpc) is 3.22. The molecule has 27 heavy (non-hydrogen) atoms. The molecule has 0 bridgehead atoms. The molecule has 1 aromatic carbocycles. The minimum atomic E-state index is -0.236. The van der Waals surface area contributed by atoms with Crippen LogP contribution in [0.3, 0.4) is 0 Å². The average molecular weight is 432 g/mol. The second kappa shape index (κ2) is 9.82. The van der Waals surface area contributed by atoms with Gasteiger partial charge in [0.2, 0.25) is 0 Å². The fraction of sp³-hybridized carbons (Fsp3) is 0.474. The number of aromatic nitrogens is 1. The number of rotatable bonds is 3. The van der Waals surface area contributed by atoms with E-state index in [9.17, 15) is 9.18 Å². The molecule has 2 aromatic rings. The molecule has 8 heteroatoms. The van der Waals surface area contributed by atoms with Crippen molar-refractivity contribution < 1.29 is 9.18 Å². The summed E-state index contributed by atoms with van der Waals surface area (Å²) in [7, 11) is 0. The maximum Gasteiger partial charge on any atom is 0.265 e. The van der Waals surface area contributed by atoms with Gasteiger partial charge in [-0.3, -0.25) is 4.79 Å². The number of nitrogens with zero attached hydrogens (tertiary/aromatic N) is 2. The third kappa shape index (κ3) is 5.19. The summed E-state index contributed by atoms with van der Waals surface area (Å²) in [5, 5.41) is 4.36. The van der Waals surface area contributed by atoms with Gasteiger partial charge in [0, 0.05) is 19.5 Å². The fourth-order valence-corrected chi connectivity index (χ4v) is 4.76. The largest absolute Gasteiger partial charge is 0.338 e. The van der Waals surface area contributed by atoms with Crippen molar-refractivity contribution in [3.63, 3.8) is 0 Å². The number of nitrogens with one attached hydrogen (secondary N) is 1. The van der Waals surface area contributed by atoms with Crippen LogP contribution in [-0.4, -0.2) is 42.0 Å². The van der Waals surface area contributed by atoms with Gasteiger partial charge in [0.15, 0.2) is 0 Å². The Balaban J connectivity index is 0.00000131. The molecule has 0 spiro atoms. The van der Waals surface area contributed by atoms with E-state index in [2.05, 4.69) is 10.3 Å². The summed E-state index contributed by atoms with van der Waals surface area (Å²) in [5.41, 5.74) is 1.00. The van der Waals surface area contributed by atoms with Crippen molar-refractivity contribution in [2.24, 2.45) is 11.8 Å². The Kier molecular flexibility index (Phi) is 8.04. The fourth-order valence-electron chi connectivity index (χ4n) is 3.84. The van der Waals surface area contributed by atoms with E-state index in [1.54, 1.807) is 18.3 Å². The molecule has 2 saturated heterocycles. The topological polar surface area (TPSA) is 45.2 Å². The predicted molar refractivity (Wildman–Crippen MR) is 111 cm³/mol. The summed E-state index contributed by atoms with van der Waals surface area (Å²) in [6, 6.07) is 6.44.